The molecule has 0 aliphatic carbocycles. The number of nitrogens with zero attached hydrogens (tertiary/aromatic N) is 4. The number of hydrogen-bond acceptors (Lipinski definition) is 7. The van der Waals surface area contributed by atoms with Crippen LogP contribution in [0.5, 0.6) is 5.75 Å². The van der Waals surface area contributed by atoms with Crippen LogP contribution in [-0.4, -0.2) is 27.4 Å². The van der Waals surface area contributed by atoms with Crippen molar-refractivity contribution in [1.29, 1.82) is 0 Å². The summed E-state index contributed by atoms with van der Waals surface area (Å²) < 4.78 is 4.55. The maximum absolute atomic E-state index is 11.4. The van der Waals surface area contributed by atoms with E-state index in [1.807, 2.05) is 0 Å². The van der Waals surface area contributed by atoms with E-state index >= 15 is 0 Å². The lowest BCUT2D eigenvalue weighted by molar-refractivity contribution is -0.382. The van der Waals surface area contributed by atoms with Gasteiger partial charge in [0.05, 0.1) is 9.95 Å². The van der Waals surface area contributed by atoms with Gasteiger partial charge in [0, 0.05) is 12.7 Å². The van der Waals surface area contributed by atoms with Gasteiger partial charge in [-0.2, -0.15) is 0 Å². The molecule has 22 heavy (non-hydrogen) atoms. The zero-order valence-electron chi connectivity index (χ0n) is 11.2. The molecule has 0 saturated heterocycles. The molecule has 0 saturated carbocycles. The summed E-state index contributed by atoms with van der Waals surface area (Å²) in [6.07, 6.45) is 0. The fourth-order valence-electron chi connectivity index (χ4n) is 2.13. The molecule has 0 amide bonds. The molecule has 2 aromatic carbocycles. The van der Waals surface area contributed by atoms with Crippen molar-refractivity contribution >= 4 is 39.7 Å². The molecule has 0 unspecified atom stereocenters. The summed E-state index contributed by atoms with van der Waals surface area (Å²) >= 11 is 6.09. The summed E-state index contributed by atoms with van der Waals surface area (Å²) in [7, 11) is 1.64. The third-order valence-corrected chi connectivity index (χ3v) is 3.51. The summed E-state index contributed by atoms with van der Waals surface area (Å²) in [5.41, 5.74) is 0.738. The number of halogens is 1. The third kappa shape index (κ3) is 2.19. The fourth-order valence-corrected chi connectivity index (χ4v) is 2.36. The minimum atomic E-state index is -0.560. The Morgan fingerprint density at radius 1 is 1.27 bits per heavy atom. The predicted octanol–water partition coefficient (Wildman–Crippen LogP) is 3.26. The number of fused-ring (bicyclic) bond motifs is 1. The number of anilines is 2. The highest BCUT2D eigenvalue weighted by Crippen LogP contribution is 2.40. The zero-order valence-corrected chi connectivity index (χ0v) is 12.0. The Balaban J connectivity index is 2.23. The van der Waals surface area contributed by atoms with Crippen molar-refractivity contribution in [2.75, 3.05) is 11.9 Å². The Bertz CT molecular complexity index is 862. The molecular formula is C13H9ClN4O4. The molecule has 112 valence electrons. The normalized spacial score (nSPS) is 10.8. The van der Waals surface area contributed by atoms with Gasteiger partial charge in [-0.25, -0.2) is 4.63 Å². The first-order chi connectivity index (χ1) is 10.5. The van der Waals surface area contributed by atoms with Gasteiger partial charge in [0.2, 0.25) is 5.52 Å². The molecule has 0 radical (unpaired) electrons. The lowest BCUT2D eigenvalue weighted by atomic mass is 10.2. The molecule has 0 atom stereocenters. The van der Waals surface area contributed by atoms with E-state index in [1.165, 1.54) is 18.2 Å². The van der Waals surface area contributed by atoms with E-state index < -0.39 is 4.92 Å². The number of benzene rings is 2. The van der Waals surface area contributed by atoms with Gasteiger partial charge in [0.1, 0.15) is 11.4 Å². The number of phenols is 1. The van der Waals surface area contributed by atoms with Gasteiger partial charge in [0.25, 0.3) is 0 Å². The summed E-state index contributed by atoms with van der Waals surface area (Å²) in [5.74, 6) is 0.0980. The smallest absolute Gasteiger partial charge is 0.324 e. The molecule has 1 heterocycles. The number of aromatic nitrogens is 2. The molecule has 1 aromatic heterocycles. The maximum Gasteiger partial charge on any atom is 0.324 e. The number of nitro benzene ring substituents is 1. The largest absolute Gasteiger partial charge is 0.508 e. The van der Waals surface area contributed by atoms with Crippen LogP contribution in [0.25, 0.3) is 11.0 Å². The van der Waals surface area contributed by atoms with E-state index in [-0.39, 0.29) is 33.2 Å². The number of nitro groups is 1. The van der Waals surface area contributed by atoms with Crippen LogP contribution in [0.3, 0.4) is 0 Å². The van der Waals surface area contributed by atoms with E-state index in [1.54, 1.807) is 24.1 Å². The number of aromatic hydroxyl groups is 1. The Morgan fingerprint density at radius 3 is 2.55 bits per heavy atom. The van der Waals surface area contributed by atoms with Crippen LogP contribution in [0.1, 0.15) is 0 Å². The number of hydrogen-bond donors (Lipinski definition) is 1. The van der Waals surface area contributed by atoms with Gasteiger partial charge in [-0.3, -0.25) is 10.1 Å². The highest BCUT2D eigenvalue weighted by molar-refractivity contribution is 6.35. The average Bonchev–Trinajstić information content (AvgIpc) is 2.96. The molecule has 3 rings (SSSR count). The minimum Gasteiger partial charge on any atom is -0.508 e. The maximum atomic E-state index is 11.4. The fraction of sp³-hybridized carbons (Fsp3) is 0.0769. The third-order valence-electron chi connectivity index (χ3n) is 3.23. The molecule has 0 aliphatic heterocycles. The van der Waals surface area contributed by atoms with Crippen molar-refractivity contribution in [2.45, 2.75) is 0 Å². The highest BCUT2D eigenvalue weighted by atomic mass is 35.5. The second-order valence-electron chi connectivity index (χ2n) is 4.52. The molecule has 1 N–H and O–H groups in total. The van der Waals surface area contributed by atoms with Gasteiger partial charge in [-0.05, 0) is 40.6 Å². The van der Waals surface area contributed by atoms with Gasteiger partial charge in [-0.1, -0.05) is 11.6 Å². The van der Waals surface area contributed by atoms with E-state index in [4.69, 9.17) is 11.6 Å². The lowest BCUT2D eigenvalue weighted by Crippen LogP contribution is -2.11. The first-order valence-corrected chi connectivity index (χ1v) is 6.48. The summed E-state index contributed by atoms with van der Waals surface area (Å²) in [4.78, 5) is 12.4. The molecule has 0 aliphatic rings. The van der Waals surface area contributed by atoms with Crippen LogP contribution in [-0.2, 0) is 0 Å². The molecule has 3 aromatic rings. The molecule has 9 heteroatoms. The predicted molar refractivity (Wildman–Crippen MR) is 79.6 cm³/mol. The first-order valence-electron chi connectivity index (χ1n) is 6.11. The van der Waals surface area contributed by atoms with Crippen molar-refractivity contribution in [3.63, 3.8) is 0 Å². The van der Waals surface area contributed by atoms with E-state index in [9.17, 15) is 15.2 Å². The van der Waals surface area contributed by atoms with Gasteiger partial charge < -0.3 is 10.0 Å². The SMILES string of the molecule is CN(c1ccc(O)cc1)c1cc(Cl)c2nonc2c1[N+](=O)[O-]. The summed E-state index contributed by atoms with van der Waals surface area (Å²) in [6, 6.07) is 7.64. The molecule has 0 fully saturated rings. The minimum absolute atomic E-state index is 0.0156. The zero-order chi connectivity index (χ0) is 15.9. The van der Waals surface area contributed by atoms with Crippen LogP contribution in [0.2, 0.25) is 5.02 Å². The topological polar surface area (TPSA) is 106 Å². The summed E-state index contributed by atoms with van der Waals surface area (Å²) in [5, 5.41) is 28.1. The van der Waals surface area contributed by atoms with Crippen LogP contribution >= 0.6 is 11.6 Å². The molecule has 0 bridgehead atoms. The van der Waals surface area contributed by atoms with Crippen LogP contribution in [0.15, 0.2) is 35.0 Å². The van der Waals surface area contributed by atoms with Gasteiger partial charge in [0.15, 0.2) is 5.52 Å². The van der Waals surface area contributed by atoms with Gasteiger partial charge >= 0.3 is 5.69 Å². The van der Waals surface area contributed by atoms with Crippen LogP contribution in [0, 0.1) is 10.1 Å². The van der Waals surface area contributed by atoms with E-state index in [2.05, 4.69) is 14.9 Å². The lowest BCUT2D eigenvalue weighted by Gasteiger charge is -2.19. The second kappa shape index (κ2) is 5.15. The first kappa shape index (κ1) is 14.1. The van der Waals surface area contributed by atoms with E-state index in [0.717, 1.165) is 0 Å². The molecule has 8 nitrogen and oxygen atoms in total. The monoisotopic (exact) mass is 320 g/mol. The van der Waals surface area contributed by atoms with Crippen molar-refractivity contribution < 1.29 is 14.7 Å². The number of phenolic OH excluding ortho intramolecular Hbond substituents is 1. The highest BCUT2D eigenvalue weighted by Gasteiger charge is 2.27. The Labute approximate surface area is 128 Å². The summed E-state index contributed by atoms with van der Waals surface area (Å²) in [6.45, 7) is 0. The van der Waals surface area contributed by atoms with Crippen LogP contribution in [0.4, 0.5) is 17.1 Å². The number of rotatable bonds is 3. The Morgan fingerprint density at radius 2 is 1.91 bits per heavy atom. The quantitative estimate of drug-likeness (QED) is 0.583. The van der Waals surface area contributed by atoms with Crippen molar-refractivity contribution in [3.05, 3.63) is 45.5 Å². The molecule has 0 spiro atoms. The van der Waals surface area contributed by atoms with Crippen molar-refractivity contribution in [3.8, 4) is 5.75 Å². The standard InChI is InChI=1S/C13H9ClN4O4/c1-17(7-2-4-8(19)5-3-7)10-6-9(14)11-12(16-22-15-11)13(10)18(20)21/h2-6,19H,1H3. The van der Waals surface area contributed by atoms with E-state index in [0.29, 0.717) is 5.69 Å². The van der Waals surface area contributed by atoms with Crippen molar-refractivity contribution in [1.82, 2.24) is 10.3 Å². The van der Waals surface area contributed by atoms with Gasteiger partial charge in [-0.15, -0.1) is 0 Å². The van der Waals surface area contributed by atoms with Crippen LogP contribution < -0.4 is 4.90 Å². The van der Waals surface area contributed by atoms with Crippen molar-refractivity contribution in [2.24, 2.45) is 0 Å². The second-order valence-corrected chi connectivity index (χ2v) is 4.93. The molecular weight excluding hydrogens is 312 g/mol. The Kier molecular flexibility index (Phi) is 3.30. The Hall–Kier alpha value is -2.87. The average molecular weight is 321 g/mol.